The average molecular weight is 367 g/mol. The van der Waals surface area contributed by atoms with Crippen molar-refractivity contribution < 1.29 is 23.9 Å². The molecule has 0 aliphatic heterocycles. The maximum atomic E-state index is 11.8. The zero-order chi connectivity index (χ0) is 18.2. The topological polar surface area (TPSA) is 114 Å². The van der Waals surface area contributed by atoms with Gasteiger partial charge in [0.25, 0.3) is 11.8 Å². The van der Waals surface area contributed by atoms with Gasteiger partial charge in [0.15, 0.2) is 6.61 Å². The van der Waals surface area contributed by atoms with E-state index in [9.17, 15) is 19.2 Å². The third-order valence-electron chi connectivity index (χ3n) is 3.67. The second-order valence-electron chi connectivity index (χ2n) is 5.76. The van der Waals surface area contributed by atoms with Crippen LogP contribution < -0.4 is 16.0 Å². The summed E-state index contributed by atoms with van der Waals surface area (Å²) in [6.07, 6.45) is 3.93. The van der Waals surface area contributed by atoms with Crippen LogP contribution in [0.2, 0.25) is 0 Å². The number of carbonyl (C=O) groups is 4. The molecule has 0 bridgehead atoms. The van der Waals surface area contributed by atoms with E-state index in [4.69, 9.17) is 4.74 Å². The van der Waals surface area contributed by atoms with Crippen molar-refractivity contribution in [2.75, 3.05) is 13.2 Å². The fraction of sp³-hybridized carbons (Fsp3) is 0.500. The third-order valence-corrected chi connectivity index (χ3v) is 4.66. The molecule has 0 radical (unpaired) electrons. The molecule has 4 amide bonds. The Morgan fingerprint density at radius 3 is 2.56 bits per heavy atom. The van der Waals surface area contributed by atoms with Crippen molar-refractivity contribution in [3.8, 4) is 0 Å². The molecule has 0 saturated heterocycles. The van der Waals surface area contributed by atoms with Gasteiger partial charge >= 0.3 is 12.0 Å². The van der Waals surface area contributed by atoms with E-state index < -0.39 is 24.5 Å². The van der Waals surface area contributed by atoms with Gasteiger partial charge in [-0.15, -0.1) is 11.3 Å². The van der Waals surface area contributed by atoms with Gasteiger partial charge in [-0.05, 0) is 31.9 Å². The van der Waals surface area contributed by atoms with Gasteiger partial charge < -0.3 is 15.4 Å². The lowest BCUT2D eigenvalue weighted by Crippen LogP contribution is -2.45. The van der Waals surface area contributed by atoms with Crippen molar-refractivity contribution in [3.05, 3.63) is 21.9 Å². The Morgan fingerprint density at radius 2 is 1.92 bits per heavy atom. The monoisotopic (exact) mass is 367 g/mol. The number of thiophene rings is 1. The van der Waals surface area contributed by atoms with Crippen LogP contribution in [0, 0.1) is 6.92 Å². The summed E-state index contributed by atoms with van der Waals surface area (Å²) in [7, 11) is 0. The van der Waals surface area contributed by atoms with E-state index in [-0.39, 0.29) is 18.5 Å². The number of hydrogen-bond donors (Lipinski definition) is 3. The van der Waals surface area contributed by atoms with E-state index in [1.807, 2.05) is 6.92 Å². The van der Waals surface area contributed by atoms with Crippen molar-refractivity contribution in [3.63, 3.8) is 0 Å². The van der Waals surface area contributed by atoms with Gasteiger partial charge in [0, 0.05) is 10.9 Å². The molecule has 136 valence electrons. The second-order valence-corrected chi connectivity index (χ2v) is 7.04. The van der Waals surface area contributed by atoms with Crippen LogP contribution in [0.5, 0.6) is 0 Å². The van der Waals surface area contributed by atoms with Crippen LogP contribution in [-0.2, 0) is 14.3 Å². The van der Waals surface area contributed by atoms with E-state index in [0.717, 1.165) is 30.6 Å². The van der Waals surface area contributed by atoms with Crippen LogP contribution in [0.3, 0.4) is 0 Å². The van der Waals surface area contributed by atoms with E-state index >= 15 is 0 Å². The number of rotatable bonds is 6. The smallest absolute Gasteiger partial charge is 0.325 e. The van der Waals surface area contributed by atoms with Gasteiger partial charge in [-0.2, -0.15) is 0 Å². The minimum atomic E-state index is -0.757. The van der Waals surface area contributed by atoms with Crippen molar-refractivity contribution in [2.24, 2.45) is 0 Å². The Morgan fingerprint density at radius 1 is 1.20 bits per heavy atom. The molecule has 8 nitrogen and oxygen atoms in total. The summed E-state index contributed by atoms with van der Waals surface area (Å²) < 4.78 is 4.72. The lowest BCUT2D eigenvalue weighted by atomic mass is 10.2. The standard InChI is InChI=1S/C16H21N3O5S/c1-10-6-7-12(25-10)15(22)17-8-14(21)24-9-13(20)19-16(23)18-11-4-2-3-5-11/h6-7,11H,2-5,8-9H2,1H3,(H,17,22)(H2,18,19,20,23). The first-order valence-corrected chi connectivity index (χ1v) is 8.86. The molecule has 3 N–H and O–H groups in total. The molecule has 0 spiro atoms. The molecule has 1 saturated carbocycles. The Hall–Kier alpha value is -2.42. The maximum absolute atomic E-state index is 11.8. The summed E-state index contributed by atoms with van der Waals surface area (Å²) in [6, 6.07) is 2.97. The molecule has 1 aromatic heterocycles. The molecular formula is C16H21N3O5S. The lowest BCUT2D eigenvalue weighted by Gasteiger charge is -2.12. The third kappa shape index (κ3) is 6.54. The summed E-state index contributed by atoms with van der Waals surface area (Å²) in [5.41, 5.74) is 0. The highest BCUT2D eigenvalue weighted by Crippen LogP contribution is 2.17. The highest BCUT2D eigenvalue weighted by molar-refractivity contribution is 7.13. The molecule has 2 rings (SSSR count). The van der Waals surface area contributed by atoms with Gasteiger partial charge in [0.1, 0.15) is 6.54 Å². The Labute approximate surface area is 149 Å². The molecular weight excluding hydrogens is 346 g/mol. The van der Waals surface area contributed by atoms with Crippen LogP contribution in [0.25, 0.3) is 0 Å². The van der Waals surface area contributed by atoms with Crippen molar-refractivity contribution in [1.82, 2.24) is 16.0 Å². The summed E-state index contributed by atoms with van der Waals surface area (Å²) in [5, 5.41) is 7.20. The van der Waals surface area contributed by atoms with Gasteiger partial charge in [0.2, 0.25) is 0 Å². The SMILES string of the molecule is Cc1ccc(C(=O)NCC(=O)OCC(=O)NC(=O)NC2CCCC2)s1. The summed E-state index contributed by atoms with van der Waals surface area (Å²) >= 11 is 1.31. The van der Waals surface area contributed by atoms with Crippen molar-refractivity contribution >= 4 is 35.2 Å². The highest BCUT2D eigenvalue weighted by atomic mass is 32.1. The first kappa shape index (κ1) is 18.9. The number of ether oxygens (including phenoxy) is 1. The molecule has 1 fully saturated rings. The summed E-state index contributed by atoms with van der Waals surface area (Å²) in [4.78, 5) is 47.9. The van der Waals surface area contributed by atoms with E-state index in [2.05, 4.69) is 16.0 Å². The van der Waals surface area contributed by atoms with Crippen molar-refractivity contribution in [1.29, 1.82) is 0 Å². The van der Waals surface area contributed by atoms with Crippen molar-refractivity contribution in [2.45, 2.75) is 38.6 Å². The fourth-order valence-electron chi connectivity index (χ4n) is 2.45. The normalized spacial score (nSPS) is 14.0. The number of nitrogens with one attached hydrogen (secondary N) is 3. The molecule has 0 atom stereocenters. The number of hydrogen-bond acceptors (Lipinski definition) is 6. The van der Waals surface area contributed by atoms with Gasteiger partial charge in [-0.25, -0.2) is 4.79 Å². The number of amides is 4. The average Bonchev–Trinajstić information content (AvgIpc) is 3.22. The largest absolute Gasteiger partial charge is 0.454 e. The highest BCUT2D eigenvalue weighted by Gasteiger charge is 2.18. The van der Waals surface area contributed by atoms with Gasteiger partial charge in [-0.1, -0.05) is 12.8 Å². The molecule has 1 heterocycles. The van der Waals surface area contributed by atoms with E-state index in [1.54, 1.807) is 12.1 Å². The predicted octanol–water partition coefficient (Wildman–Crippen LogP) is 1.10. The quantitative estimate of drug-likeness (QED) is 0.652. The van der Waals surface area contributed by atoms with E-state index in [1.165, 1.54) is 11.3 Å². The van der Waals surface area contributed by atoms with Gasteiger partial charge in [-0.3, -0.25) is 19.7 Å². The van der Waals surface area contributed by atoms with E-state index in [0.29, 0.717) is 4.88 Å². The summed E-state index contributed by atoms with van der Waals surface area (Å²) in [5.74, 6) is -1.85. The Kier molecular flexibility index (Phi) is 6.93. The molecule has 1 aliphatic carbocycles. The number of carbonyl (C=O) groups excluding carboxylic acids is 4. The van der Waals surface area contributed by atoms with Crippen LogP contribution in [0.4, 0.5) is 4.79 Å². The molecule has 1 aromatic rings. The minimum Gasteiger partial charge on any atom is -0.454 e. The molecule has 0 aromatic carbocycles. The summed E-state index contributed by atoms with van der Waals surface area (Å²) in [6.45, 7) is 0.944. The fourth-order valence-corrected chi connectivity index (χ4v) is 3.23. The van der Waals surface area contributed by atoms with Crippen LogP contribution in [0.1, 0.15) is 40.2 Å². The second kappa shape index (κ2) is 9.16. The number of esters is 1. The number of aryl methyl sites for hydroxylation is 1. The molecule has 1 aliphatic rings. The first-order chi connectivity index (χ1) is 11.9. The molecule has 9 heteroatoms. The predicted molar refractivity (Wildman–Crippen MR) is 91.3 cm³/mol. The maximum Gasteiger partial charge on any atom is 0.325 e. The van der Waals surface area contributed by atoms with Gasteiger partial charge in [0.05, 0.1) is 4.88 Å². The Bertz CT molecular complexity index is 652. The zero-order valence-corrected chi connectivity index (χ0v) is 14.7. The van der Waals surface area contributed by atoms with Crippen LogP contribution in [-0.4, -0.2) is 43.0 Å². The molecule has 0 unspecified atom stereocenters. The number of urea groups is 1. The van der Waals surface area contributed by atoms with Crippen LogP contribution >= 0.6 is 11.3 Å². The zero-order valence-electron chi connectivity index (χ0n) is 13.9. The number of imide groups is 1. The minimum absolute atomic E-state index is 0.0893. The first-order valence-electron chi connectivity index (χ1n) is 8.04. The molecule has 25 heavy (non-hydrogen) atoms. The van der Waals surface area contributed by atoms with Crippen LogP contribution in [0.15, 0.2) is 12.1 Å². The lowest BCUT2D eigenvalue weighted by molar-refractivity contribution is -0.147. The Balaban J connectivity index is 1.61.